The van der Waals surface area contributed by atoms with Crippen molar-refractivity contribution in [3.8, 4) is 0 Å². The first-order chi connectivity index (χ1) is 8.99. The number of rotatable bonds is 4. The van der Waals surface area contributed by atoms with Gasteiger partial charge in [-0.05, 0) is 42.5 Å². The molecule has 0 atom stereocenters. The molecule has 0 spiro atoms. The average Bonchev–Trinajstić information content (AvgIpc) is 2.75. The highest BCUT2D eigenvalue weighted by molar-refractivity contribution is 6.04. The number of hydrogen-bond acceptors (Lipinski definition) is 1. The second-order valence-electron chi connectivity index (χ2n) is 5.22. The SMILES string of the molecule is CCc1cn(CC)c2c(C(=O)O)cc(C(C)C)cc12. The summed E-state index contributed by atoms with van der Waals surface area (Å²) in [7, 11) is 0. The van der Waals surface area contributed by atoms with Crippen molar-refractivity contribution in [2.45, 2.75) is 46.6 Å². The van der Waals surface area contributed by atoms with E-state index in [4.69, 9.17) is 0 Å². The molecule has 2 rings (SSSR count). The quantitative estimate of drug-likeness (QED) is 0.900. The van der Waals surface area contributed by atoms with Crippen molar-refractivity contribution in [2.24, 2.45) is 0 Å². The maximum absolute atomic E-state index is 11.5. The molecule has 0 amide bonds. The Balaban J connectivity index is 2.87. The summed E-state index contributed by atoms with van der Waals surface area (Å²) in [5.74, 6) is -0.514. The summed E-state index contributed by atoms with van der Waals surface area (Å²) in [5.41, 5.74) is 3.59. The summed E-state index contributed by atoms with van der Waals surface area (Å²) in [6, 6.07) is 3.97. The number of hydrogen-bond donors (Lipinski definition) is 1. The molecule has 0 aliphatic heterocycles. The number of fused-ring (bicyclic) bond motifs is 1. The minimum atomic E-state index is -0.844. The first kappa shape index (κ1) is 13.7. The number of aromatic nitrogens is 1. The summed E-state index contributed by atoms with van der Waals surface area (Å²) in [5, 5.41) is 10.6. The zero-order valence-electron chi connectivity index (χ0n) is 12.0. The Bertz CT molecular complexity index is 623. The van der Waals surface area contributed by atoms with Crippen LogP contribution in [0.25, 0.3) is 10.9 Å². The molecule has 3 nitrogen and oxygen atoms in total. The lowest BCUT2D eigenvalue weighted by Gasteiger charge is -2.10. The van der Waals surface area contributed by atoms with Crippen LogP contribution in [0.5, 0.6) is 0 Å². The molecule has 1 aromatic heterocycles. The smallest absolute Gasteiger partial charge is 0.337 e. The number of aromatic carboxylic acids is 1. The first-order valence-electron chi connectivity index (χ1n) is 6.88. The molecule has 0 unspecified atom stereocenters. The topological polar surface area (TPSA) is 42.2 Å². The second-order valence-corrected chi connectivity index (χ2v) is 5.22. The lowest BCUT2D eigenvalue weighted by molar-refractivity contribution is 0.0698. The minimum absolute atomic E-state index is 0.331. The summed E-state index contributed by atoms with van der Waals surface area (Å²) < 4.78 is 2.04. The lowest BCUT2D eigenvalue weighted by atomic mass is 9.96. The maximum atomic E-state index is 11.5. The molecule has 3 heteroatoms. The van der Waals surface area contributed by atoms with Gasteiger partial charge in [0, 0.05) is 18.1 Å². The zero-order chi connectivity index (χ0) is 14.2. The third kappa shape index (κ3) is 2.25. The van der Waals surface area contributed by atoms with E-state index in [0.29, 0.717) is 11.5 Å². The van der Waals surface area contributed by atoms with E-state index in [-0.39, 0.29) is 0 Å². The van der Waals surface area contributed by atoms with Crippen LogP contribution in [0.3, 0.4) is 0 Å². The Hall–Kier alpha value is -1.77. The van der Waals surface area contributed by atoms with E-state index < -0.39 is 5.97 Å². The van der Waals surface area contributed by atoms with E-state index >= 15 is 0 Å². The monoisotopic (exact) mass is 259 g/mol. The van der Waals surface area contributed by atoms with E-state index in [1.807, 2.05) is 17.6 Å². The molecule has 0 aliphatic rings. The number of nitrogens with zero attached hydrogens (tertiary/aromatic N) is 1. The molecule has 102 valence electrons. The first-order valence-corrected chi connectivity index (χ1v) is 6.88. The highest BCUT2D eigenvalue weighted by Gasteiger charge is 2.17. The molecule has 0 radical (unpaired) electrons. The Kier molecular flexibility index (Phi) is 3.65. The van der Waals surface area contributed by atoms with Crippen LogP contribution in [-0.4, -0.2) is 15.6 Å². The fourth-order valence-corrected chi connectivity index (χ4v) is 2.56. The number of carboxylic acids is 1. The van der Waals surface area contributed by atoms with Crippen molar-refractivity contribution < 1.29 is 9.90 Å². The van der Waals surface area contributed by atoms with Crippen LogP contribution in [0.15, 0.2) is 18.3 Å². The lowest BCUT2D eigenvalue weighted by Crippen LogP contribution is -2.04. The largest absolute Gasteiger partial charge is 0.478 e. The predicted molar refractivity (Wildman–Crippen MR) is 78.0 cm³/mol. The third-order valence-corrected chi connectivity index (χ3v) is 3.70. The van der Waals surface area contributed by atoms with Gasteiger partial charge < -0.3 is 9.67 Å². The van der Waals surface area contributed by atoms with E-state index in [1.54, 1.807) is 0 Å². The van der Waals surface area contributed by atoms with Gasteiger partial charge in [0.15, 0.2) is 0 Å². The fourth-order valence-electron chi connectivity index (χ4n) is 2.56. The van der Waals surface area contributed by atoms with E-state index in [9.17, 15) is 9.90 Å². The van der Waals surface area contributed by atoms with Crippen LogP contribution >= 0.6 is 0 Å². The van der Waals surface area contributed by atoms with Crippen LogP contribution in [0.1, 0.15) is 55.1 Å². The average molecular weight is 259 g/mol. The molecule has 2 aromatic rings. The van der Waals surface area contributed by atoms with E-state index in [2.05, 4.69) is 33.0 Å². The minimum Gasteiger partial charge on any atom is -0.478 e. The van der Waals surface area contributed by atoms with Crippen LogP contribution in [0.4, 0.5) is 0 Å². The third-order valence-electron chi connectivity index (χ3n) is 3.70. The van der Waals surface area contributed by atoms with Gasteiger partial charge in [-0.2, -0.15) is 0 Å². The molecule has 0 fully saturated rings. The molecular formula is C16H21NO2. The fraction of sp³-hybridized carbons (Fsp3) is 0.438. The second kappa shape index (κ2) is 5.08. The van der Waals surface area contributed by atoms with Crippen LogP contribution in [-0.2, 0) is 13.0 Å². The standard InChI is InChI=1S/C16H21NO2/c1-5-11-9-17(6-2)15-13(11)7-12(10(3)4)8-14(15)16(18)19/h7-10H,5-6H2,1-4H3,(H,18,19). The van der Waals surface area contributed by atoms with Crippen molar-refractivity contribution in [1.29, 1.82) is 0 Å². The zero-order valence-corrected chi connectivity index (χ0v) is 12.0. The Morgan fingerprint density at radius 2 is 2.00 bits per heavy atom. The Morgan fingerprint density at radius 1 is 1.32 bits per heavy atom. The van der Waals surface area contributed by atoms with Gasteiger partial charge in [0.05, 0.1) is 11.1 Å². The van der Waals surface area contributed by atoms with Gasteiger partial charge in [-0.25, -0.2) is 4.79 Å². The molecule has 1 N–H and O–H groups in total. The maximum Gasteiger partial charge on any atom is 0.337 e. The molecule has 1 aromatic carbocycles. The normalized spacial score (nSPS) is 11.4. The molecule has 0 saturated carbocycles. The predicted octanol–water partition coefficient (Wildman–Crippen LogP) is 4.05. The van der Waals surface area contributed by atoms with E-state index in [1.165, 1.54) is 5.56 Å². The van der Waals surface area contributed by atoms with Gasteiger partial charge in [0.25, 0.3) is 0 Å². The molecule has 0 saturated heterocycles. The van der Waals surface area contributed by atoms with Crippen LogP contribution in [0, 0.1) is 0 Å². The highest BCUT2D eigenvalue weighted by Crippen LogP contribution is 2.30. The van der Waals surface area contributed by atoms with Crippen molar-refractivity contribution in [1.82, 2.24) is 4.57 Å². The van der Waals surface area contributed by atoms with Gasteiger partial charge in [0.2, 0.25) is 0 Å². The van der Waals surface area contributed by atoms with E-state index in [0.717, 1.165) is 29.4 Å². The molecule has 1 heterocycles. The number of carbonyl (C=O) groups is 1. The van der Waals surface area contributed by atoms with Crippen molar-refractivity contribution >= 4 is 16.9 Å². The molecule has 0 bridgehead atoms. The van der Waals surface area contributed by atoms with Crippen molar-refractivity contribution in [3.05, 3.63) is 35.0 Å². The van der Waals surface area contributed by atoms with Gasteiger partial charge in [-0.15, -0.1) is 0 Å². The summed E-state index contributed by atoms with van der Waals surface area (Å²) in [6.07, 6.45) is 3.01. The van der Waals surface area contributed by atoms with Gasteiger partial charge >= 0.3 is 5.97 Å². The number of benzene rings is 1. The van der Waals surface area contributed by atoms with Crippen LogP contribution in [0.2, 0.25) is 0 Å². The Labute approximate surface area is 113 Å². The Morgan fingerprint density at radius 3 is 2.47 bits per heavy atom. The van der Waals surface area contributed by atoms with Crippen LogP contribution < -0.4 is 0 Å². The highest BCUT2D eigenvalue weighted by atomic mass is 16.4. The van der Waals surface area contributed by atoms with Gasteiger partial charge in [-0.3, -0.25) is 0 Å². The van der Waals surface area contributed by atoms with Gasteiger partial charge in [0.1, 0.15) is 0 Å². The van der Waals surface area contributed by atoms with Crippen molar-refractivity contribution in [2.75, 3.05) is 0 Å². The van der Waals surface area contributed by atoms with Crippen molar-refractivity contribution in [3.63, 3.8) is 0 Å². The van der Waals surface area contributed by atoms with Gasteiger partial charge in [-0.1, -0.05) is 20.8 Å². The summed E-state index contributed by atoms with van der Waals surface area (Å²) in [4.78, 5) is 11.5. The summed E-state index contributed by atoms with van der Waals surface area (Å²) in [6.45, 7) is 9.13. The summed E-state index contributed by atoms with van der Waals surface area (Å²) >= 11 is 0. The number of aryl methyl sites for hydroxylation is 2. The number of carboxylic acid groups (broad SMARTS) is 1. The molecular weight excluding hydrogens is 238 g/mol. The molecule has 19 heavy (non-hydrogen) atoms. The molecule has 0 aliphatic carbocycles.